The highest BCUT2D eigenvalue weighted by molar-refractivity contribution is 5.76. The van der Waals surface area contributed by atoms with Gasteiger partial charge in [-0.05, 0) is 32.1 Å². The molecule has 1 aliphatic heterocycles. The molecule has 11 nitrogen and oxygen atoms in total. The summed E-state index contributed by atoms with van der Waals surface area (Å²) in [6, 6.07) is -0.806. The molecule has 0 spiro atoms. The third-order valence-corrected chi connectivity index (χ3v) is 17.9. The van der Waals surface area contributed by atoms with E-state index < -0.39 is 49.5 Å². The van der Waals surface area contributed by atoms with Crippen LogP contribution in [0.3, 0.4) is 0 Å². The SMILES string of the molecule is CCCCCCCCCCCCCC/C=C/C(O)C(COC1OC(CO)C(O)C(O)C1O)NC(=O)CCCCCCCCCCCCCCCCCCCCCCCCCCCCCCCCCOC(=O)CCCCCCCCCCCCC. The summed E-state index contributed by atoms with van der Waals surface area (Å²) in [7, 11) is 0. The van der Waals surface area contributed by atoms with E-state index >= 15 is 0 Å². The number of aliphatic hydroxyl groups excluding tert-OH is 5. The quantitative estimate of drug-likeness (QED) is 0.0195. The van der Waals surface area contributed by atoms with Gasteiger partial charge in [0.2, 0.25) is 5.91 Å². The van der Waals surface area contributed by atoms with Gasteiger partial charge in [0.15, 0.2) is 6.29 Å². The molecule has 0 bridgehead atoms. The molecule has 1 heterocycles. The Kier molecular flexibility index (Phi) is 60.3. The number of hydrogen-bond acceptors (Lipinski definition) is 10. The van der Waals surface area contributed by atoms with Crippen LogP contribution in [0.5, 0.6) is 0 Å². The fraction of sp³-hybridized carbons (Fsp3) is 0.945. The van der Waals surface area contributed by atoms with E-state index in [4.69, 9.17) is 14.2 Å². The zero-order valence-corrected chi connectivity index (χ0v) is 55.4. The molecule has 0 aromatic heterocycles. The van der Waals surface area contributed by atoms with E-state index in [1.807, 2.05) is 6.08 Å². The maximum atomic E-state index is 13.1. The predicted octanol–water partition coefficient (Wildman–Crippen LogP) is 19.0. The van der Waals surface area contributed by atoms with Gasteiger partial charge in [0.05, 0.1) is 32.0 Å². The van der Waals surface area contributed by atoms with E-state index in [0.717, 1.165) is 51.4 Å². The molecule has 1 amide bonds. The first-order chi connectivity index (χ1) is 41.2. The Labute approximate surface area is 519 Å². The molecule has 7 unspecified atom stereocenters. The van der Waals surface area contributed by atoms with Crippen molar-refractivity contribution in [3.63, 3.8) is 0 Å². The lowest BCUT2D eigenvalue weighted by Crippen LogP contribution is -2.60. The lowest BCUT2D eigenvalue weighted by molar-refractivity contribution is -0.302. The Morgan fingerprint density at radius 3 is 1.11 bits per heavy atom. The van der Waals surface area contributed by atoms with Crippen LogP contribution in [0.4, 0.5) is 0 Å². The Balaban J connectivity index is 1.95. The molecule has 11 heteroatoms. The summed E-state index contributed by atoms with van der Waals surface area (Å²) in [4.78, 5) is 25.1. The molecule has 0 aromatic rings. The summed E-state index contributed by atoms with van der Waals surface area (Å²) in [5.74, 6) is -0.161. The standard InChI is InChI=1S/C73H141NO10/c1-3-5-7-9-11-13-15-16-36-40-43-47-51-55-59-66(76)65(64-83-73-72(81)71(80)70(79)67(63-75)84-73)74-68(77)60-56-52-48-44-41-37-34-32-30-28-26-24-22-20-18-17-19-21-23-25-27-29-31-33-35-38-42-46-50-54-58-62-82-69(78)61-57-53-49-45-39-14-12-10-8-6-4-2/h55,59,65-67,70-73,75-76,79-81H,3-54,56-58,60-64H2,1-2H3,(H,74,77)/b59-55+. The average molecular weight is 1190 g/mol. The van der Waals surface area contributed by atoms with Gasteiger partial charge in [-0.2, -0.15) is 0 Å². The number of nitrogens with one attached hydrogen (secondary N) is 1. The van der Waals surface area contributed by atoms with Gasteiger partial charge >= 0.3 is 5.97 Å². The van der Waals surface area contributed by atoms with Gasteiger partial charge in [-0.3, -0.25) is 9.59 Å². The van der Waals surface area contributed by atoms with Crippen molar-refractivity contribution in [2.75, 3.05) is 19.8 Å². The molecular formula is C73H141NO10. The van der Waals surface area contributed by atoms with Crippen LogP contribution in [0, 0.1) is 0 Å². The maximum Gasteiger partial charge on any atom is 0.305 e. The molecular weight excluding hydrogens is 1050 g/mol. The lowest BCUT2D eigenvalue weighted by Gasteiger charge is -2.40. The Bertz CT molecular complexity index is 1400. The van der Waals surface area contributed by atoms with Gasteiger partial charge in [0.25, 0.3) is 0 Å². The third-order valence-electron chi connectivity index (χ3n) is 17.9. The third kappa shape index (κ3) is 51.3. The zero-order chi connectivity index (χ0) is 60.9. The topological polar surface area (TPSA) is 175 Å². The van der Waals surface area contributed by atoms with Crippen molar-refractivity contribution in [2.45, 2.75) is 423 Å². The smallest absolute Gasteiger partial charge is 0.305 e. The van der Waals surface area contributed by atoms with E-state index in [2.05, 4.69) is 19.2 Å². The molecule has 0 aromatic carbocycles. The number of hydrogen-bond donors (Lipinski definition) is 6. The number of amides is 1. The molecule has 1 saturated heterocycles. The number of allylic oxidation sites excluding steroid dienone is 1. The molecule has 0 radical (unpaired) electrons. The fourth-order valence-electron chi connectivity index (χ4n) is 12.1. The van der Waals surface area contributed by atoms with Crippen molar-refractivity contribution < 1.29 is 49.3 Å². The first-order valence-electron chi connectivity index (χ1n) is 37.0. The van der Waals surface area contributed by atoms with Crippen LogP contribution in [0.25, 0.3) is 0 Å². The number of ether oxygens (including phenoxy) is 3. The van der Waals surface area contributed by atoms with Crippen LogP contribution in [-0.4, -0.2) is 100 Å². The lowest BCUT2D eigenvalue weighted by atomic mass is 9.99. The second-order valence-corrected chi connectivity index (χ2v) is 26.0. The minimum atomic E-state index is -1.57. The number of carbonyl (C=O) groups excluding carboxylic acids is 2. The number of unbranched alkanes of at least 4 members (excludes halogenated alkanes) is 52. The monoisotopic (exact) mass is 1190 g/mol. The molecule has 1 aliphatic rings. The molecule has 1 fully saturated rings. The molecule has 84 heavy (non-hydrogen) atoms. The van der Waals surface area contributed by atoms with Gasteiger partial charge in [0, 0.05) is 12.8 Å². The first-order valence-corrected chi connectivity index (χ1v) is 37.0. The summed E-state index contributed by atoms with van der Waals surface area (Å²) in [6.45, 7) is 4.40. The molecule has 1 rings (SSSR count). The fourth-order valence-corrected chi connectivity index (χ4v) is 12.1. The van der Waals surface area contributed by atoms with Crippen molar-refractivity contribution in [1.82, 2.24) is 5.32 Å². The minimum absolute atomic E-state index is 0.0133. The largest absolute Gasteiger partial charge is 0.466 e. The number of esters is 1. The first kappa shape index (κ1) is 80.4. The van der Waals surface area contributed by atoms with Gasteiger partial charge in [-0.15, -0.1) is 0 Å². The van der Waals surface area contributed by atoms with E-state index in [1.54, 1.807) is 6.08 Å². The van der Waals surface area contributed by atoms with E-state index in [0.29, 0.717) is 19.4 Å². The predicted molar refractivity (Wildman–Crippen MR) is 352 cm³/mol. The summed E-state index contributed by atoms with van der Waals surface area (Å²) in [5.41, 5.74) is 0. The molecule has 0 aliphatic carbocycles. The number of carbonyl (C=O) groups is 2. The van der Waals surface area contributed by atoms with Gasteiger partial charge in [-0.25, -0.2) is 0 Å². The molecule has 0 saturated carbocycles. The normalized spacial score (nSPS) is 18.0. The number of aliphatic hydroxyl groups is 5. The van der Waals surface area contributed by atoms with Crippen LogP contribution in [-0.2, 0) is 23.8 Å². The van der Waals surface area contributed by atoms with Gasteiger partial charge in [-0.1, -0.05) is 347 Å². The van der Waals surface area contributed by atoms with Crippen molar-refractivity contribution in [3.05, 3.63) is 12.2 Å². The molecule has 6 N–H and O–H groups in total. The van der Waals surface area contributed by atoms with Crippen molar-refractivity contribution >= 4 is 11.9 Å². The minimum Gasteiger partial charge on any atom is -0.466 e. The molecule has 7 atom stereocenters. The summed E-state index contributed by atoms with van der Waals surface area (Å²) in [6.07, 6.45) is 67.8. The zero-order valence-electron chi connectivity index (χ0n) is 55.4. The van der Waals surface area contributed by atoms with Crippen LogP contribution in [0.1, 0.15) is 380 Å². The van der Waals surface area contributed by atoms with Gasteiger partial charge in [0.1, 0.15) is 24.4 Å². The van der Waals surface area contributed by atoms with Crippen molar-refractivity contribution in [2.24, 2.45) is 0 Å². The highest BCUT2D eigenvalue weighted by Crippen LogP contribution is 2.24. The Hall–Kier alpha value is -1.60. The maximum absolute atomic E-state index is 13.1. The van der Waals surface area contributed by atoms with Crippen LogP contribution < -0.4 is 5.32 Å². The highest BCUT2D eigenvalue weighted by atomic mass is 16.7. The summed E-state index contributed by atoms with van der Waals surface area (Å²) < 4.78 is 16.8. The Morgan fingerprint density at radius 2 is 0.750 bits per heavy atom. The van der Waals surface area contributed by atoms with Crippen molar-refractivity contribution in [1.29, 1.82) is 0 Å². The molecule has 498 valence electrons. The number of rotatable bonds is 66. The summed E-state index contributed by atoms with van der Waals surface area (Å²) >= 11 is 0. The van der Waals surface area contributed by atoms with Gasteiger partial charge < -0.3 is 45.1 Å². The average Bonchev–Trinajstić information content (AvgIpc) is 3.68. The van der Waals surface area contributed by atoms with Crippen molar-refractivity contribution in [3.8, 4) is 0 Å². The second kappa shape index (κ2) is 63.0. The van der Waals surface area contributed by atoms with E-state index in [9.17, 15) is 35.1 Å². The van der Waals surface area contributed by atoms with Crippen LogP contribution in [0.15, 0.2) is 12.2 Å². The Morgan fingerprint density at radius 1 is 0.429 bits per heavy atom. The van der Waals surface area contributed by atoms with E-state index in [-0.39, 0.29) is 18.5 Å². The van der Waals surface area contributed by atoms with Crippen LogP contribution in [0.2, 0.25) is 0 Å². The highest BCUT2D eigenvalue weighted by Gasteiger charge is 2.44. The van der Waals surface area contributed by atoms with Crippen LogP contribution >= 0.6 is 0 Å². The second-order valence-electron chi connectivity index (χ2n) is 26.0. The van der Waals surface area contributed by atoms with E-state index in [1.165, 1.54) is 302 Å². The summed E-state index contributed by atoms with van der Waals surface area (Å²) in [5, 5.41) is 54.6.